The van der Waals surface area contributed by atoms with Gasteiger partial charge in [-0.25, -0.2) is 4.76 Å². The van der Waals surface area contributed by atoms with Gasteiger partial charge in [0, 0.05) is 16.3 Å². The molecule has 3 aromatic rings. The van der Waals surface area contributed by atoms with E-state index in [0.29, 0.717) is 0 Å². The predicted octanol–water partition coefficient (Wildman–Crippen LogP) is 4.73. The van der Waals surface area contributed by atoms with Crippen molar-refractivity contribution in [2.24, 2.45) is 4.76 Å². The molecule has 0 radical (unpaired) electrons. The fourth-order valence-corrected chi connectivity index (χ4v) is 4.81. The fraction of sp³-hybridized carbons (Fsp3) is 0.0952. The summed E-state index contributed by atoms with van der Waals surface area (Å²) in [6.45, 7) is 3.97. The molecule has 0 bridgehead atoms. The molecule has 24 heavy (non-hydrogen) atoms. The van der Waals surface area contributed by atoms with E-state index in [4.69, 9.17) is 4.76 Å². The standard InChI is InChI=1S/C21H20NOP/c1-17-13-15-19(16-14-17)18(2)22-24(23,20-9-5-3-6-10-20)21-11-7-4-8-12-21/h3-16H,1-2H3/b22-18-. The van der Waals surface area contributed by atoms with Crippen molar-refractivity contribution in [1.29, 1.82) is 0 Å². The third-order valence-electron chi connectivity index (χ3n) is 3.97. The average molecular weight is 333 g/mol. The lowest BCUT2D eigenvalue weighted by Crippen LogP contribution is -2.15. The van der Waals surface area contributed by atoms with Crippen molar-refractivity contribution in [2.75, 3.05) is 0 Å². The van der Waals surface area contributed by atoms with E-state index >= 15 is 0 Å². The number of hydrogen-bond donors (Lipinski definition) is 0. The summed E-state index contributed by atoms with van der Waals surface area (Å²) >= 11 is 0. The normalized spacial score (nSPS) is 12.2. The van der Waals surface area contributed by atoms with Gasteiger partial charge in [-0.05, 0) is 43.7 Å². The van der Waals surface area contributed by atoms with E-state index in [1.54, 1.807) is 0 Å². The van der Waals surface area contributed by atoms with E-state index in [2.05, 4.69) is 6.92 Å². The van der Waals surface area contributed by atoms with Crippen LogP contribution in [-0.4, -0.2) is 5.71 Å². The van der Waals surface area contributed by atoms with Crippen molar-refractivity contribution in [3.8, 4) is 0 Å². The van der Waals surface area contributed by atoms with Crippen LogP contribution in [0.15, 0.2) is 89.7 Å². The number of benzene rings is 3. The molecule has 0 aliphatic carbocycles. The van der Waals surface area contributed by atoms with Gasteiger partial charge in [-0.2, -0.15) is 0 Å². The summed E-state index contributed by atoms with van der Waals surface area (Å²) in [5.74, 6) is 0. The third kappa shape index (κ3) is 3.39. The molecule has 0 aliphatic rings. The van der Waals surface area contributed by atoms with E-state index in [1.165, 1.54) is 5.56 Å². The summed E-state index contributed by atoms with van der Waals surface area (Å²) in [6, 6.07) is 27.2. The Hall–Kier alpha value is -2.44. The van der Waals surface area contributed by atoms with Gasteiger partial charge in [0.05, 0.1) is 0 Å². The van der Waals surface area contributed by atoms with Crippen LogP contribution in [0.4, 0.5) is 0 Å². The predicted molar refractivity (Wildman–Crippen MR) is 103 cm³/mol. The molecular formula is C21H20NOP. The molecule has 0 amide bonds. The molecule has 3 aromatic carbocycles. The summed E-state index contributed by atoms with van der Waals surface area (Å²) in [6.07, 6.45) is 0. The highest BCUT2D eigenvalue weighted by Gasteiger charge is 2.26. The van der Waals surface area contributed by atoms with Crippen molar-refractivity contribution in [1.82, 2.24) is 0 Å². The Morgan fingerprint density at radius 2 is 1.21 bits per heavy atom. The molecule has 0 aliphatic heterocycles. The van der Waals surface area contributed by atoms with Gasteiger partial charge in [0.15, 0.2) is 0 Å². The highest BCUT2D eigenvalue weighted by atomic mass is 31.2. The maximum atomic E-state index is 13.9. The van der Waals surface area contributed by atoms with Crippen LogP contribution in [-0.2, 0) is 4.57 Å². The quantitative estimate of drug-likeness (QED) is 0.501. The van der Waals surface area contributed by atoms with Gasteiger partial charge in [-0.3, -0.25) is 4.57 Å². The lowest BCUT2D eigenvalue weighted by Gasteiger charge is -2.16. The van der Waals surface area contributed by atoms with E-state index in [-0.39, 0.29) is 0 Å². The van der Waals surface area contributed by atoms with Crippen LogP contribution in [0.2, 0.25) is 0 Å². The Kier molecular flexibility index (Phi) is 4.78. The largest absolute Gasteiger partial charge is 0.288 e. The lowest BCUT2D eigenvalue weighted by atomic mass is 10.1. The van der Waals surface area contributed by atoms with E-state index in [1.807, 2.05) is 91.9 Å². The summed E-state index contributed by atoms with van der Waals surface area (Å²) < 4.78 is 18.6. The monoisotopic (exact) mass is 333 g/mol. The van der Waals surface area contributed by atoms with Crippen molar-refractivity contribution >= 4 is 23.6 Å². The SMILES string of the molecule is C/C(=N/P(=O)(c1ccccc1)c1ccccc1)c1ccc(C)cc1. The van der Waals surface area contributed by atoms with Crippen molar-refractivity contribution in [3.63, 3.8) is 0 Å². The summed E-state index contributed by atoms with van der Waals surface area (Å²) in [5.41, 5.74) is 2.97. The molecule has 120 valence electrons. The van der Waals surface area contributed by atoms with Gasteiger partial charge in [-0.15, -0.1) is 0 Å². The smallest absolute Gasteiger partial charge is 0.247 e. The van der Waals surface area contributed by atoms with Crippen LogP contribution >= 0.6 is 7.29 Å². The first-order chi connectivity index (χ1) is 11.6. The van der Waals surface area contributed by atoms with Crippen molar-refractivity contribution in [2.45, 2.75) is 13.8 Å². The molecule has 3 heteroatoms. The van der Waals surface area contributed by atoms with Gasteiger partial charge < -0.3 is 0 Å². The first-order valence-corrected chi connectivity index (χ1v) is 9.61. The summed E-state index contributed by atoms with van der Waals surface area (Å²) in [5, 5.41) is 1.50. The minimum absolute atomic E-state index is 0.752. The first-order valence-electron chi connectivity index (χ1n) is 7.95. The maximum Gasteiger partial charge on any atom is 0.247 e. The van der Waals surface area contributed by atoms with E-state index in [0.717, 1.165) is 21.9 Å². The minimum atomic E-state index is -3.07. The molecule has 3 rings (SSSR count). The second kappa shape index (κ2) is 6.98. The topological polar surface area (TPSA) is 29.4 Å². The number of hydrogen-bond acceptors (Lipinski definition) is 1. The van der Waals surface area contributed by atoms with Gasteiger partial charge in [0.25, 0.3) is 0 Å². The minimum Gasteiger partial charge on any atom is -0.288 e. The van der Waals surface area contributed by atoms with E-state index in [9.17, 15) is 4.57 Å². The molecular weight excluding hydrogens is 313 g/mol. The zero-order valence-corrected chi connectivity index (χ0v) is 14.8. The van der Waals surface area contributed by atoms with Crippen LogP contribution in [0.5, 0.6) is 0 Å². The van der Waals surface area contributed by atoms with E-state index < -0.39 is 7.29 Å². The van der Waals surface area contributed by atoms with Gasteiger partial charge in [-0.1, -0.05) is 66.2 Å². The van der Waals surface area contributed by atoms with Crippen LogP contribution in [0.25, 0.3) is 0 Å². The maximum absolute atomic E-state index is 13.9. The average Bonchev–Trinajstić information content (AvgIpc) is 2.63. The van der Waals surface area contributed by atoms with Crippen LogP contribution < -0.4 is 10.6 Å². The van der Waals surface area contributed by atoms with Crippen molar-refractivity contribution in [3.05, 3.63) is 96.1 Å². The Balaban J connectivity index is 2.14. The molecule has 0 N–H and O–H groups in total. The second-order valence-electron chi connectivity index (χ2n) is 5.80. The fourth-order valence-electron chi connectivity index (χ4n) is 2.59. The van der Waals surface area contributed by atoms with Crippen molar-refractivity contribution < 1.29 is 4.57 Å². The lowest BCUT2D eigenvalue weighted by molar-refractivity contribution is 0.588. The molecule has 0 saturated heterocycles. The highest BCUT2D eigenvalue weighted by Crippen LogP contribution is 2.45. The molecule has 2 nitrogen and oxygen atoms in total. The van der Waals surface area contributed by atoms with Gasteiger partial charge >= 0.3 is 0 Å². The zero-order chi connectivity index (χ0) is 17.0. The molecule has 0 fully saturated rings. The summed E-state index contributed by atoms with van der Waals surface area (Å²) in [4.78, 5) is 0. The molecule has 0 unspecified atom stereocenters. The third-order valence-corrected chi connectivity index (χ3v) is 6.55. The number of rotatable bonds is 4. The molecule has 0 atom stereocenters. The molecule has 0 spiro atoms. The van der Waals surface area contributed by atoms with Gasteiger partial charge in [0.2, 0.25) is 7.29 Å². The first kappa shape index (κ1) is 16.4. The molecule has 0 aromatic heterocycles. The molecule has 0 saturated carbocycles. The second-order valence-corrected chi connectivity index (χ2v) is 8.18. The Bertz CT molecular complexity index is 841. The number of nitrogens with zero attached hydrogens (tertiary/aromatic N) is 1. The highest BCUT2D eigenvalue weighted by molar-refractivity contribution is 7.77. The zero-order valence-electron chi connectivity index (χ0n) is 13.9. The van der Waals surface area contributed by atoms with Crippen LogP contribution in [0.3, 0.4) is 0 Å². The Labute approximate surface area is 143 Å². The number of aryl methyl sites for hydroxylation is 1. The molecule has 0 heterocycles. The Morgan fingerprint density at radius 1 is 0.750 bits per heavy atom. The van der Waals surface area contributed by atoms with Gasteiger partial charge in [0.1, 0.15) is 0 Å². The Morgan fingerprint density at radius 3 is 1.67 bits per heavy atom. The summed E-state index contributed by atoms with van der Waals surface area (Å²) in [7, 11) is -3.07. The van der Waals surface area contributed by atoms with Crippen LogP contribution in [0.1, 0.15) is 18.1 Å². The van der Waals surface area contributed by atoms with Crippen LogP contribution in [0, 0.1) is 6.92 Å².